The molecule has 4 heteroatoms. The van der Waals surface area contributed by atoms with Crippen molar-refractivity contribution in [2.75, 3.05) is 5.32 Å². The predicted molar refractivity (Wildman–Crippen MR) is 74.9 cm³/mol. The molecule has 0 aliphatic heterocycles. The smallest absolute Gasteiger partial charge is 0.141 e. The number of nitrogens with one attached hydrogen (secondary N) is 1. The molecule has 0 amide bonds. The second-order valence-electron chi connectivity index (χ2n) is 3.74. The van der Waals surface area contributed by atoms with Crippen molar-refractivity contribution < 1.29 is 0 Å². The molecule has 0 radical (unpaired) electrons. The van der Waals surface area contributed by atoms with Crippen LogP contribution in [0, 0.1) is 11.3 Å². The van der Waals surface area contributed by atoms with Gasteiger partial charge in [-0.15, -0.1) is 0 Å². The van der Waals surface area contributed by atoms with Crippen molar-refractivity contribution in [2.24, 2.45) is 0 Å². The number of nitriles is 1. The van der Waals surface area contributed by atoms with Crippen molar-refractivity contribution >= 4 is 28.9 Å². The van der Waals surface area contributed by atoms with E-state index in [9.17, 15) is 5.26 Å². The van der Waals surface area contributed by atoms with Crippen LogP contribution in [0.3, 0.4) is 0 Å². The van der Waals surface area contributed by atoms with E-state index >= 15 is 0 Å². The summed E-state index contributed by atoms with van der Waals surface area (Å²) in [5.74, 6) is 0. The highest BCUT2D eigenvalue weighted by Gasteiger charge is 2.13. The lowest BCUT2D eigenvalue weighted by Gasteiger charge is -2.14. The molecule has 0 saturated carbocycles. The van der Waals surface area contributed by atoms with Crippen LogP contribution < -0.4 is 5.32 Å². The second kappa shape index (κ2) is 5.77. The maximum absolute atomic E-state index is 9.23. The van der Waals surface area contributed by atoms with Gasteiger partial charge in [-0.05, 0) is 24.3 Å². The molecule has 90 valence electrons. The molecule has 0 spiro atoms. The number of hydrogen-bond acceptors (Lipinski definition) is 2. The molecule has 2 nitrogen and oxygen atoms in total. The summed E-state index contributed by atoms with van der Waals surface area (Å²) in [5.41, 5.74) is 1.54. The van der Waals surface area contributed by atoms with Gasteiger partial charge in [-0.2, -0.15) is 5.26 Å². The predicted octanol–water partition coefficient (Wildman–Crippen LogP) is 4.67. The normalized spacial score (nSPS) is 11.6. The Morgan fingerprint density at radius 1 is 1.06 bits per heavy atom. The third-order valence-corrected chi connectivity index (χ3v) is 3.06. The Bertz CT molecular complexity index is 590. The Balaban J connectivity index is 2.26. The van der Waals surface area contributed by atoms with Crippen LogP contribution in [0.4, 0.5) is 5.69 Å². The molecule has 0 aromatic heterocycles. The van der Waals surface area contributed by atoms with E-state index in [0.29, 0.717) is 10.0 Å². The second-order valence-corrected chi connectivity index (χ2v) is 4.58. The van der Waals surface area contributed by atoms with Gasteiger partial charge >= 0.3 is 0 Å². The first-order chi connectivity index (χ1) is 8.70. The van der Waals surface area contributed by atoms with E-state index in [1.54, 1.807) is 18.2 Å². The standard InChI is InChI=1S/C14H10Cl2N2/c15-10-4-3-5-11(8-10)18-14(9-17)12-6-1-2-7-13(12)16/h1-8,14,18H. The van der Waals surface area contributed by atoms with Gasteiger partial charge in [0.1, 0.15) is 6.04 Å². The Labute approximate surface area is 116 Å². The number of halogens is 2. The summed E-state index contributed by atoms with van der Waals surface area (Å²) in [6.45, 7) is 0. The molecule has 0 saturated heterocycles. The molecule has 2 aromatic carbocycles. The molecule has 0 heterocycles. The lowest BCUT2D eigenvalue weighted by molar-refractivity contribution is 0.998. The first-order valence-electron chi connectivity index (χ1n) is 5.37. The van der Waals surface area contributed by atoms with Crippen molar-refractivity contribution in [1.29, 1.82) is 5.26 Å². The number of nitrogens with zero attached hydrogens (tertiary/aromatic N) is 1. The average Bonchev–Trinajstić information content (AvgIpc) is 2.37. The van der Waals surface area contributed by atoms with Crippen molar-refractivity contribution in [3.63, 3.8) is 0 Å². The third kappa shape index (κ3) is 2.95. The summed E-state index contributed by atoms with van der Waals surface area (Å²) in [5, 5.41) is 13.5. The summed E-state index contributed by atoms with van der Waals surface area (Å²) < 4.78 is 0. The van der Waals surface area contributed by atoms with Crippen LogP contribution in [-0.4, -0.2) is 0 Å². The fourth-order valence-corrected chi connectivity index (χ4v) is 2.07. The van der Waals surface area contributed by atoms with Crippen molar-refractivity contribution in [3.8, 4) is 6.07 Å². The van der Waals surface area contributed by atoms with Gasteiger partial charge in [-0.25, -0.2) is 0 Å². The van der Waals surface area contributed by atoms with Gasteiger partial charge in [0.25, 0.3) is 0 Å². The lowest BCUT2D eigenvalue weighted by Crippen LogP contribution is -2.08. The summed E-state index contributed by atoms with van der Waals surface area (Å²) in [7, 11) is 0. The lowest BCUT2D eigenvalue weighted by atomic mass is 10.1. The maximum Gasteiger partial charge on any atom is 0.141 e. The minimum Gasteiger partial charge on any atom is -0.366 e. The van der Waals surface area contributed by atoms with E-state index in [4.69, 9.17) is 23.2 Å². The number of hydrogen-bond donors (Lipinski definition) is 1. The van der Waals surface area contributed by atoms with Gasteiger partial charge < -0.3 is 5.32 Å². The van der Waals surface area contributed by atoms with Gasteiger partial charge in [-0.1, -0.05) is 47.5 Å². The van der Waals surface area contributed by atoms with Crippen LogP contribution in [0.5, 0.6) is 0 Å². The third-order valence-electron chi connectivity index (χ3n) is 2.48. The number of rotatable bonds is 3. The van der Waals surface area contributed by atoms with Gasteiger partial charge in [0.15, 0.2) is 0 Å². The van der Waals surface area contributed by atoms with E-state index < -0.39 is 6.04 Å². The Morgan fingerprint density at radius 3 is 2.50 bits per heavy atom. The van der Waals surface area contributed by atoms with Crippen LogP contribution in [0.15, 0.2) is 48.5 Å². The molecule has 0 bridgehead atoms. The van der Waals surface area contributed by atoms with Crippen molar-refractivity contribution in [1.82, 2.24) is 0 Å². The molecule has 0 aliphatic carbocycles. The molecule has 0 aliphatic rings. The molecule has 1 unspecified atom stereocenters. The SMILES string of the molecule is N#CC(Nc1cccc(Cl)c1)c1ccccc1Cl. The largest absolute Gasteiger partial charge is 0.366 e. The van der Waals surface area contributed by atoms with Crippen LogP contribution in [0.1, 0.15) is 11.6 Å². The van der Waals surface area contributed by atoms with Crippen molar-refractivity contribution in [2.45, 2.75) is 6.04 Å². The highest BCUT2D eigenvalue weighted by Crippen LogP contribution is 2.26. The fraction of sp³-hybridized carbons (Fsp3) is 0.0714. The molecule has 0 fully saturated rings. The first kappa shape index (κ1) is 12.8. The summed E-state index contributed by atoms with van der Waals surface area (Å²) in [6, 6.07) is 16.2. The highest BCUT2D eigenvalue weighted by molar-refractivity contribution is 6.31. The van der Waals surface area contributed by atoms with E-state index in [1.165, 1.54) is 0 Å². The zero-order valence-corrected chi connectivity index (χ0v) is 10.9. The minimum absolute atomic E-state index is 0.503. The van der Waals surface area contributed by atoms with Crippen LogP contribution >= 0.6 is 23.2 Å². The van der Waals surface area contributed by atoms with Crippen molar-refractivity contribution in [3.05, 3.63) is 64.1 Å². The van der Waals surface area contributed by atoms with Crippen LogP contribution in [-0.2, 0) is 0 Å². The highest BCUT2D eigenvalue weighted by atomic mass is 35.5. The first-order valence-corrected chi connectivity index (χ1v) is 6.12. The van der Waals surface area contributed by atoms with Crippen LogP contribution in [0.2, 0.25) is 10.0 Å². The number of benzene rings is 2. The molecule has 1 N–H and O–H groups in total. The molecular formula is C14H10Cl2N2. The van der Waals surface area contributed by atoms with E-state index in [0.717, 1.165) is 11.3 Å². The van der Waals surface area contributed by atoms with Gasteiger partial charge in [0.2, 0.25) is 0 Å². The summed E-state index contributed by atoms with van der Waals surface area (Å²) >= 11 is 12.0. The van der Waals surface area contributed by atoms with E-state index in [2.05, 4.69) is 11.4 Å². The molecule has 2 aromatic rings. The Hall–Kier alpha value is -1.69. The molecule has 2 rings (SSSR count). The zero-order valence-electron chi connectivity index (χ0n) is 9.40. The van der Waals surface area contributed by atoms with E-state index in [1.807, 2.05) is 30.3 Å². The quantitative estimate of drug-likeness (QED) is 0.884. The topological polar surface area (TPSA) is 35.8 Å². The fourth-order valence-electron chi connectivity index (χ4n) is 1.63. The van der Waals surface area contributed by atoms with E-state index in [-0.39, 0.29) is 0 Å². The van der Waals surface area contributed by atoms with Crippen LogP contribution in [0.25, 0.3) is 0 Å². The zero-order chi connectivity index (χ0) is 13.0. The number of anilines is 1. The van der Waals surface area contributed by atoms with Gasteiger partial charge in [-0.3, -0.25) is 0 Å². The van der Waals surface area contributed by atoms with Gasteiger partial charge in [0, 0.05) is 21.3 Å². The minimum atomic E-state index is -0.503. The average molecular weight is 277 g/mol. The maximum atomic E-state index is 9.23. The molecule has 18 heavy (non-hydrogen) atoms. The Kier molecular flexibility index (Phi) is 4.09. The Morgan fingerprint density at radius 2 is 1.83 bits per heavy atom. The monoisotopic (exact) mass is 276 g/mol. The molecule has 1 atom stereocenters. The van der Waals surface area contributed by atoms with Gasteiger partial charge in [0.05, 0.1) is 6.07 Å². The summed E-state index contributed by atoms with van der Waals surface area (Å²) in [6.07, 6.45) is 0. The molecular weight excluding hydrogens is 267 g/mol. The summed E-state index contributed by atoms with van der Waals surface area (Å²) in [4.78, 5) is 0.